The maximum Gasteiger partial charge on any atom is 0.262 e. The van der Waals surface area contributed by atoms with Crippen molar-refractivity contribution in [2.24, 2.45) is 7.05 Å². The van der Waals surface area contributed by atoms with Crippen molar-refractivity contribution >= 4 is 45.1 Å². The van der Waals surface area contributed by atoms with E-state index in [-0.39, 0.29) is 0 Å². The second kappa shape index (κ2) is 7.52. The van der Waals surface area contributed by atoms with Crippen LogP contribution in [0.5, 0.6) is 11.5 Å². The van der Waals surface area contributed by atoms with Gasteiger partial charge in [-0.05, 0) is 60.8 Å². The Morgan fingerprint density at radius 1 is 1.03 bits per heavy atom. The van der Waals surface area contributed by atoms with Gasteiger partial charge < -0.3 is 15.1 Å². The molecule has 1 aromatic heterocycles. The molecule has 2 aliphatic rings. The van der Waals surface area contributed by atoms with Crippen molar-refractivity contribution < 1.29 is 14.8 Å². The van der Waals surface area contributed by atoms with Crippen LogP contribution in [0.25, 0.3) is 16.3 Å². The molecule has 30 heavy (non-hydrogen) atoms. The molecule has 2 heterocycles. The smallest absolute Gasteiger partial charge is 0.262 e. The number of fused-ring (bicyclic) bond motifs is 2. The summed E-state index contributed by atoms with van der Waals surface area (Å²) in [5, 5.41) is 21.9. The third-order valence-corrected chi connectivity index (χ3v) is 7.91. The highest BCUT2D eigenvalue weighted by molar-refractivity contribution is 8.03. The van der Waals surface area contributed by atoms with Crippen molar-refractivity contribution in [1.29, 1.82) is 0 Å². The largest absolute Gasteiger partial charge is 0.508 e. The zero-order valence-corrected chi connectivity index (χ0v) is 18.6. The summed E-state index contributed by atoms with van der Waals surface area (Å²) in [6.45, 7) is 0. The molecule has 1 aliphatic carbocycles. The summed E-state index contributed by atoms with van der Waals surface area (Å²) in [4.78, 5) is 3.29. The number of aryl methyl sites for hydroxylation is 1. The lowest BCUT2D eigenvalue weighted by Gasteiger charge is -2.16. The Morgan fingerprint density at radius 2 is 1.83 bits per heavy atom. The van der Waals surface area contributed by atoms with Crippen molar-refractivity contribution in [3.63, 3.8) is 0 Å². The Labute approximate surface area is 184 Å². The minimum atomic E-state index is 0.308. The fourth-order valence-electron chi connectivity index (χ4n) is 4.00. The monoisotopic (exact) mass is 435 g/mol. The zero-order valence-electron chi connectivity index (χ0n) is 16.9. The number of nitrogens with zero attached hydrogens (tertiary/aromatic N) is 2. The molecular weight excluding hydrogens is 412 g/mol. The van der Waals surface area contributed by atoms with E-state index in [4.69, 9.17) is 0 Å². The van der Waals surface area contributed by atoms with Gasteiger partial charge in [-0.3, -0.25) is 0 Å². The third-order valence-electron chi connectivity index (χ3n) is 5.62. The molecule has 152 valence electrons. The minimum absolute atomic E-state index is 0.308. The highest BCUT2D eigenvalue weighted by atomic mass is 32.2. The highest BCUT2D eigenvalue weighted by Crippen LogP contribution is 2.47. The van der Waals surface area contributed by atoms with Gasteiger partial charge in [0.05, 0.1) is 10.7 Å². The van der Waals surface area contributed by atoms with Gasteiger partial charge in [0.2, 0.25) is 5.52 Å². The number of rotatable bonds is 2. The first-order valence-electron chi connectivity index (χ1n) is 9.97. The number of aromatic hydroxyl groups is 2. The number of hydrogen-bond donors (Lipinski definition) is 2. The molecule has 0 radical (unpaired) electrons. The number of thiazole rings is 1. The summed E-state index contributed by atoms with van der Waals surface area (Å²) in [6, 6.07) is 11.1. The first-order chi connectivity index (χ1) is 14.5. The SMILES string of the molecule is CN1C(=CC2=CC(=Cc3sc4cc(O)ccc4[n+]3C)CCC2)Sc2cc(O)ccc21. The summed E-state index contributed by atoms with van der Waals surface area (Å²) in [5.74, 6) is 0.616. The molecule has 1 aliphatic heterocycles. The van der Waals surface area contributed by atoms with E-state index >= 15 is 0 Å². The van der Waals surface area contributed by atoms with Gasteiger partial charge in [-0.2, -0.15) is 4.57 Å². The van der Waals surface area contributed by atoms with Crippen molar-refractivity contribution in [1.82, 2.24) is 0 Å². The lowest BCUT2D eigenvalue weighted by atomic mass is 9.95. The van der Waals surface area contributed by atoms with Crippen LogP contribution < -0.4 is 9.47 Å². The number of hydrogen-bond acceptors (Lipinski definition) is 5. The maximum atomic E-state index is 9.77. The average molecular weight is 436 g/mol. The van der Waals surface area contributed by atoms with Crippen LogP contribution in [0.3, 0.4) is 0 Å². The lowest BCUT2D eigenvalue weighted by Crippen LogP contribution is -2.28. The van der Waals surface area contributed by atoms with Gasteiger partial charge in [-0.1, -0.05) is 29.2 Å². The van der Waals surface area contributed by atoms with E-state index in [2.05, 4.69) is 41.8 Å². The molecule has 5 rings (SSSR count). The minimum Gasteiger partial charge on any atom is -0.508 e. The Bertz CT molecular complexity index is 1250. The van der Waals surface area contributed by atoms with Crippen molar-refractivity contribution in [3.05, 3.63) is 69.7 Å². The first-order valence-corrected chi connectivity index (χ1v) is 11.6. The standard InChI is InChI=1S/C24H22N2O2S2/c1-25-19-8-6-17(27)13-21(19)29-23(25)11-15-4-3-5-16(10-15)12-24-26(2)20-9-7-18(28)14-22(20)30-24/h6-14H,3-5H2,1-2H3,(H-,27,28)/p+1. The van der Waals surface area contributed by atoms with Gasteiger partial charge in [0, 0.05) is 30.2 Å². The number of thioether (sulfide) groups is 1. The number of benzene rings is 2. The lowest BCUT2D eigenvalue weighted by molar-refractivity contribution is -0.642. The first kappa shape index (κ1) is 19.3. The van der Waals surface area contributed by atoms with E-state index in [9.17, 15) is 10.2 Å². The molecule has 0 bridgehead atoms. The van der Waals surface area contributed by atoms with E-state index in [1.54, 1.807) is 35.2 Å². The fourth-order valence-corrected chi connectivity index (χ4v) is 6.32. The topological polar surface area (TPSA) is 47.6 Å². The number of allylic oxidation sites excluding steroid dienone is 4. The maximum absolute atomic E-state index is 9.77. The van der Waals surface area contributed by atoms with E-state index in [0.29, 0.717) is 11.5 Å². The van der Waals surface area contributed by atoms with E-state index < -0.39 is 0 Å². The average Bonchev–Trinajstić information content (AvgIpc) is 3.18. The molecular formula is C24H23N2O2S2+. The van der Waals surface area contributed by atoms with Gasteiger partial charge in [0.25, 0.3) is 5.01 Å². The van der Waals surface area contributed by atoms with Crippen LogP contribution in [-0.4, -0.2) is 17.3 Å². The highest BCUT2D eigenvalue weighted by Gasteiger charge is 2.23. The molecule has 3 aromatic rings. The van der Waals surface area contributed by atoms with Crippen LogP contribution in [-0.2, 0) is 7.05 Å². The van der Waals surface area contributed by atoms with Gasteiger partial charge in [-0.25, -0.2) is 0 Å². The molecule has 0 amide bonds. The summed E-state index contributed by atoms with van der Waals surface area (Å²) in [5.41, 5.74) is 4.94. The van der Waals surface area contributed by atoms with Gasteiger partial charge in [-0.15, -0.1) is 0 Å². The third kappa shape index (κ3) is 3.50. The molecule has 2 aromatic carbocycles. The van der Waals surface area contributed by atoms with Crippen LogP contribution in [0, 0.1) is 0 Å². The molecule has 0 atom stereocenters. The Morgan fingerprint density at radius 3 is 2.70 bits per heavy atom. The quantitative estimate of drug-likeness (QED) is 0.506. The van der Waals surface area contributed by atoms with Gasteiger partial charge >= 0.3 is 0 Å². The van der Waals surface area contributed by atoms with Crippen LogP contribution in [0.15, 0.2) is 69.6 Å². The van der Waals surface area contributed by atoms with Crippen molar-refractivity contribution in [2.45, 2.75) is 24.2 Å². The van der Waals surface area contributed by atoms with E-state index in [0.717, 1.165) is 40.1 Å². The number of phenolic OH excluding ortho intramolecular Hbond substituents is 2. The summed E-state index contributed by atoms with van der Waals surface area (Å²) in [6.07, 6.45) is 10.1. The molecule has 0 saturated carbocycles. The summed E-state index contributed by atoms with van der Waals surface area (Å²) < 4.78 is 3.29. The molecule has 0 saturated heterocycles. The van der Waals surface area contributed by atoms with Crippen molar-refractivity contribution in [3.8, 4) is 11.5 Å². The van der Waals surface area contributed by atoms with Gasteiger partial charge in [0.15, 0.2) is 0 Å². The number of anilines is 1. The molecule has 2 N–H and O–H groups in total. The Hall–Kier alpha value is -2.70. The second-order valence-corrected chi connectivity index (χ2v) is 9.86. The number of aromatic nitrogens is 1. The summed E-state index contributed by atoms with van der Waals surface area (Å²) >= 11 is 3.41. The van der Waals surface area contributed by atoms with E-state index in [1.165, 1.54) is 21.2 Å². The predicted molar refractivity (Wildman–Crippen MR) is 125 cm³/mol. The van der Waals surface area contributed by atoms with Crippen molar-refractivity contribution in [2.75, 3.05) is 11.9 Å². The van der Waals surface area contributed by atoms with Crippen LogP contribution >= 0.6 is 23.1 Å². The summed E-state index contributed by atoms with van der Waals surface area (Å²) in [7, 11) is 4.16. The molecule has 4 nitrogen and oxygen atoms in total. The predicted octanol–water partition coefficient (Wildman–Crippen LogP) is 5.71. The Balaban J connectivity index is 1.45. The molecule has 0 fully saturated rings. The fraction of sp³-hybridized carbons (Fsp3) is 0.208. The second-order valence-electron chi connectivity index (χ2n) is 7.74. The number of phenols is 2. The zero-order chi connectivity index (χ0) is 20.8. The van der Waals surface area contributed by atoms with Crippen LogP contribution in [0.4, 0.5) is 5.69 Å². The molecule has 0 spiro atoms. The Kier molecular flexibility index (Phi) is 4.83. The normalized spacial score (nSPS) is 19.0. The van der Waals surface area contributed by atoms with Crippen LogP contribution in [0.2, 0.25) is 0 Å². The van der Waals surface area contributed by atoms with Gasteiger partial charge in [0.1, 0.15) is 23.2 Å². The van der Waals surface area contributed by atoms with E-state index in [1.807, 2.05) is 24.3 Å². The molecule has 0 unspecified atom stereocenters. The van der Waals surface area contributed by atoms with Crippen LogP contribution in [0.1, 0.15) is 24.3 Å². The molecule has 6 heteroatoms.